The number of ketones is 1. The fraction of sp³-hybridized carbons (Fsp3) is 0.375. The van der Waals surface area contributed by atoms with Gasteiger partial charge in [-0.25, -0.2) is 9.59 Å². The topological polar surface area (TPSA) is 160 Å². The molecule has 0 aliphatic heterocycles. The largest absolute Gasteiger partial charge is 0.453 e. The van der Waals surface area contributed by atoms with Gasteiger partial charge < -0.3 is 20.6 Å². The first-order valence-corrected chi connectivity index (χ1v) is 7.72. The summed E-state index contributed by atoms with van der Waals surface area (Å²) in [6, 6.07) is 0. The number of aryl methyl sites for hydroxylation is 1. The number of nitrogens with two attached hydrogens (primary N) is 1. The minimum Gasteiger partial charge on any atom is -0.453 e. The van der Waals surface area contributed by atoms with Gasteiger partial charge in [-0.1, -0.05) is 0 Å². The number of hydrogen-bond donors (Lipinski definition) is 4. The van der Waals surface area contributed by atoms with Gasteiger partial charge in [-0.15, -0.1) is 0 Å². The third-order valence-corrected chi connectivity index (χ3v) is 4.10. The molecule has 1 atom stereocenters. The number of nitrogens with zero attached hydrogens (tertiary/aromatic N) is 1. The Hall–Kier alpha value is -3.14. The van der Waals surface area contributed by atoms with Crippen LogP contribution in [-0.2, 0) is 11.8 Å². The first-order valence-electron chi connectivity index (χ1n) is 7.72. The number of carbonyl (C=O) groups is 2. The molecule has 0 radical (unpaired) electrons. The molecule has 0 aliphatic carbocycles. The second kappa shape index (κ2) is 7.00. The Morgan fingerprint density at radius 1 is 1.27 bits per heavy atom. The van der Waals surface area contributed by atoms with Crippen LogP contribution in [0.3, 0.4) is 0 Å². The number of aliphatic hydroxyl groups excluding tert-OH is 1. The van der Waals surface area contributed by atoms with Crippen LogP contribution < -0.4 is 17.0 Å². The van der Waals surface area contributed by atoms with E-state index in [0.29, 0.717) is 16.8 Å². The maximum atomic E-state index is 12.2. The molecule has 0 aliphatic rings. The van der Waals surface area contributed by atoms with Gasteiger partial charge in [-0.3, -0.25) is 19.1 Å². The monoisotopic (exact) mass is 364 g/mol. The van der Waals surface area contributed by atoms with Gasteiger partial charge in [0.25, 0.3) is 5.56 Å². The molecule has 10 heteroatoms. The molecule has 0 amide bonds. The third-order valence-electron chi connectivity index (χ3n) is 4.10. The quantitative estimate of drug-likeness (QED) is 0.418. The zero-order valence-electron chi connectivity index (χ0n) is 14.8. The summed E-state index contributed by atoms with van der Waals surface area (Å²) in [7, 11) is 1.29. The second-order valence-electron chi connectivity index (χ2n) is 5.92. The summed E-state index contributed by atoms with van der Waals surface area (Å²) in [5, 5.41) is 9.75. The van der Waals surface area contributed by atoms with Crippen LogP contribution in [0, 0.1) is 13.8 Å². The molecular weight excluding hydrogens is 344 g/mol. The van der Waals surface area contributed by atoms with E-state index in [1.54, 1.807) is 20.8 Å². The highest BCUT2D eigenvalue weighted by atomic mass is 16.5. The van der Waals surface area contributed by atoms with Crippen LogP contribution in [0.25, 0.3) is 0 Å². The molecule has 0 spiro atoms. The fourth-order valence-electron chi connectivity index (χ4n) is 2.78. The molecule has 2 heterocycles. The molecule has 0 saturated carbocycles. The molecule has 0 bridgehead atoms. The summed E-state index contributed by atoms with van der Waals surface area (Å²) in [6.45, 7) is 4.17. The summed E-state index contributed by atoms with van der Waals surface area (Å²) in [4.78, 5) is 52.4. The van der Waals surface area contributed by atoms with E-state index in [9.17, 15) is 24.3 Å². The number of esters is 1. The first-order chi connectivity index (χ1) is 12.1. The lowest BCUT2D eigenvalue weighted by molar-refractivity contribution is 0.0468. The van der Waals surface area contributed by atoms with Gasteiger partial charge in [-0.2, -0.15) is 0 Å². The Kier molecular flexibility index (Phi) is 5.17. The van der Waals surface area contributed by atoms with Gasteiger partial charge in [0.1, 0.15) is 17.1 Å². The molecule has 2 aromatic rings. The minimum atomic E-state index is -0.949. The number of aromatic amines is 2. The summed E-state index contributed by atoms with van der Waals surface area (Å²) >= 11 is 0. The molecule has 0 fully saturated rings. The molecule has 0 aromatic carbocycles. The lowest BCUT2D eigenvalue weighted by Crippen LogP contribution is -2.35. The van der Waals surface area contributed by atoms with Crippen molar-refractivity contribution in [2.24, 2.45) is 7.05 Å². The lowest BCUT2D eigenvalue weighted by Gasteiger charge is -2.08. The molecule has 10 nitrogen and oxygen atoms in total. The van der Waals surface area contributed by atoms with Crippen LogP contribution in [0.5, 0.6) is 0 Å². The predicted octanol–water partition coefficient (Wildman–Crippen LogP) is -0.306. The normalized spacial score (nSPS) is 12.0. The summed E-state index contributed by atoms with van der Waals surface area (Å²) in [6.07, 6.45) is -0.779. The molecule has 0 unspecified atom stereocenters. The number of H-pyrrole nitrogens is 2. The lowest BCUT2D eigenvalue weighted by atomic mass is 10.1. The van der Waals surface area contributed by atoms with Crippen molar-refractivity contribution >= 4 is 17.6 Å². The van der Waals surface area contributed by atoms with E-state index in [2.05, 4.69) is 4.98 Å². The van der Waals surface area contributed by atoms with Crippen molar-refractivity contribution in [2.75, 3.05) is 12.3 Å². The molecule has 0 saturated heterocycles. The number of ether oxygens (including phenoxy) is 1. The average Bonchev–Trinajstić information content (AvgIpc) is 2.85. The number of anilines is 1. The van der Waals surface area contributed by atoms with Crippen LogP contribution in [0.2, 0.25) is 0 Å². The molecule has 5 N–H and O–H groups in total. The van der Waals surface area contributed by atoms with Crippen LogP contribution in [0.15, 0.2) is 9.59 Å². The van der Waals surface area contributed by atoms with Gasteiger partial charge in [0.2, 0.25) is 5.78 Å². The van der Waals surface area contributed by atoms with Crippen molar-refractivity contribution in [1.82, 2.24) is 14.5 Å². The van der Waals surface area contributed by atoms with Gasteiger partial charge in [0.15, 0.2) is 6.61 Å². The van der Waals surface area contributed by atoms with Crippen LogP contribution in [0.4, 0.5) is 5.82 Å². The maximum Gasteiger partial charge on any atom is 0.355 e. The van der Waals surface area contributed by atoms with Gasteiger partial charge >= 0.3 is 11.7 Å². The van der Waals surface area contributed by atoms with E-state index < -0.39 is 41.3 Å². The second-order valence-corrected chi connectivity index (χ2v) is 5.92. The van der Waals surface area contributed by atoms with Gasteiger partial charge in [-0.05, 0) is 26.3 Å². The number of aliphatic hydroxyl groups is 1. The number of rotatable bonds is 5. The van der Waals surface area contributed by atoms with Crippen molar-refractivity contribution in [3.05, 3.63) is 48.9 Å². The summed E-state index contributed by atoms with van der Waals surface area (Å²) < 4.78 is 5.86. The number of aromatic nitrogens is 3. The van der Waals surface area contributed by atoms with E-state index in [4.69, 9.17) is 10.5 Å². The Bertz CT molecular complexity index is 995. The number of carbonyl (C=O) groups excluding carboxylic acids is 2. The van der Waals surface area contributed by atoms with E-state index in [1.165, 1.54) is 7.05 Å². The Morgan fingerprint density at radius 2 is 1.88 bits per heavy atom. The Balaban J connectivity index is 2.23. The predicted molar refractivity (Wildman–Crippen MR) is 92.2 cm³/mol. The van der Waals surface area contributed by atoms with Crippen LogP contribution in [-0.4, -0.2) is 38.0 Å². The van der Waals surface area contributed by atoms with Crippen molar-refractivity contribution in [3.8, 4) is 0 Å². The zero-order chi connectivity index (χ0) is 19.8. The van der Waals surface area contributed by atoms with E-state index in [1.807, 2.05) is 4.98 Å². The van der Waals surface area contributed by atoms with Crippen molar-refractivity contribution in [1.29, 1.82) is 0 Å². The van der Waals surface area contributed by atoms with Gasteiger partial charge in [0.05, 0.1) is 6.10 Å². The minimum absolute atomic E-state index is 0.105. The Labute approximate surface area is 147 Å². The number of nitrogen functional groups attached to an aromatic ring is 1. The third kappa shape index (κ3) is 3.31. The molecule has 2 aromatic heterocycles. The summed E-state index contributed by atoms with van der Waals surface area (Å²) in [5.74, 6) is -1.97. The van der Waals surface area contributed by atoms with Crippen molar-refractivity contribution in [2.45, 2.75) is 26.9 Å². The van der Waals surface area contributed by atoms with E-state index >= 15 is 0 Å². The fourth-order valence-corrected chi connectivity index (χ4v) is 2.78. The highest BCUT2D eigenvalue weighted by molar-refractivity contribution is 6.02. The Morgan fingerprint density at radius 3 is 2.42 bits per heavy atom. The number of hydrogen-bond acceptors (Lipinski definition) is 7. The molecule has 26 heavy (non-hydrogen) atoms. The highest BCUT2D eigenvalue weighted by Gasteiger charge is 2.23. The molecule has 2 rings (SSSR count). The average molecular weight is 364 g/mol. The maximum absolute atomic E-state index is 12.2. The molecular formula is C16H20N4O6. The van der Waals surface area contributed by atoms with Crippen molar-refractivity contribution < 1.29 is 19.4 Å². The highest BCUT2D eigenvalue weighted by Crippen LogP contribution is 2.24. The van der Waals surface area contributed by atoms with E-state index in [0.717, 1.165) is 4.57 Å². The smallest absolute Gasteiger partial charge is 0.355 e. The van der Waals surface area contributed by atoms with E-state index in [-0.39, 0.29) is 11.5 Å². The van der Waals surface area contributed by atoms with Gasteiger partial charge in [0, 0.05) is 18.3 Å². The van der Waals surface area contributed by atoms with Crippen LogP contribution >= 0.6 is 0 Å². The van der Waals surface area contributed by atoms with Crippen LogP contribution in [0.1, 0.15) is 50.7 Å². The SMILES string of the molecule is Cc1[nH]c(C(=O)OCC(=O)c2c(N)n(C)c(=O)[nH]c2=O)c(C)c1[C@@H](C)O. The first kappa shape index (κ1) is 19.2. The number of Topliss-reactive ketones (excluding diaryl/α,β-unsaturated/α-hetero) is 1. The number of nitrogens with one attached hydrogen (secondary N) is 2. The summed E-state index contributed by atoms with van der Waals surface area (Å²) in [5.41, 5.74) is 5.26. The zero-order valence-corrected chi connectivity index (χ0v) is 14.8. The standard InChI is InChI=1S/C16H20N4O6/c1-6-10(8(3)21)7(2)18-12(6)15(24)26-5-9(22)11-13(17)20(4)16(25)19-14(11)23/h8,18,21H,5,17H2,1-4H3,(H,19,23,25)/t8-/m1/s1. The van der Waals surface area contributed by atoms with Crippen molar-refractivity contribution in [3.63, 3.8) is 0 Å². The molecule has 140 valence electrons.